The van der Waals surface area contributed by atoms with Crippen molar-refractivity contribution < 1.29 is 18.8 Å². The van der Waals surface area contributed by atoms with Gasteiger partial charge in [-0.05, 0) is 28.5 Å². The summed E-state index contributed by atoms with van der Waals surface area (Å²) in [5.41, 5.74) is 7.60. The average molecular weight is 342 g/mol. The largest absolute Gasteiger partial charge is 0.455 e. The van der Waals surface area contributed by atoms with E-state index in [-0.39, 0.29) is 23.0 Å². The Morgan fingerprint density at radius 1 is 1.28 bits per heavy atom. The monoisotopic (exact) mass is 342 g/mol. The first-order valence-corrected chi connectivity index (χ1v) is 6.81. The Hall–Kier alpha value is -4.02. The standard InChI is InChI=1S/C14H10N6O5/c15-13-12(18-25-19-13)14(21)17-16-7-8-5-6-11(24-8)9-3-1-2-4-10(9)20(22)23/h1-7H,(H2,15,19)(H,17,21)/b16-7+. The Balaban J connectivity index is 1.73. The number of rotatable bonds is 5. The highest BCUT2D eigenvalue weighted by atomic mass is 16.6. The van der Waals surface area contributed by atoms with E-state index in [0.717, 1.165) is 0 Å². The van der Waals surface area contributed by atoms with Gasteiger partial charge in [-0.25, -0.2) is 10.1 Å². The molecule has 0 atom stereocenters. The first kappa shape index (κ1) is 15.9. The Labute approximate surface area is 139 Å². The lowest BCUT2D eigenvalue weighted by molar-refractivity contribution is -0.384. The summed E-state index contributed by atoms with van der Waals surface area (Å²) in [6.07, 6.45) is 1.22. The SMILES string of the molecule is Nc1nonc1C(=O)N/N=C/c1ccc(-c2ccccc2[N+](=O)[O-])o1. The van der Waals surface area contributed by atoms with Crippen LogP contribution in [0.4, 0.5) is 11.5 Å². The van der Waals surface area contributed by atoms with Crippen LogP contribution in [0.15, 0.2) is 50.5 Å². The van der Waals surface area contributed by atoms with Crippen LogP contribution in [-0.2, 0) is 0 Å². The molecule has 3 N–H and O–H groups in total. The molecule has 11 nitrogen and oxygen atoms in total. The Morgan fingerprint density at radius 2 is 2.08 bits per heavy atom. The van der Waals surface area contributed by atoms with Gasteiger partial charge in [0.15, 0.2) is 0 Å². The van der Waals surface area contributed by atoms with Crippen LogP contribution in [-0.4, -0.2) is 27.4 Å². The molecular formula is C14H10N6O5. The lowest BCUT2D eigenvalue weighted by atomic mass is 10.1. The van der Waals surface area contributed by atoms with Gasteiger partial charge in [0.2, 0.25) is 11.5 Å². The second-order valence-corrected chi connectivity index (χ2v) is 4.67. The lowest BCUT2D eigenvalue weighted by Crippen LogP contribution is -2.19. The summed E-state index contributed by atoms with van der Waals surface area (Å²) >= 11 is 0. The molecule has 0 aliphatic rings. The van der Waals surface area contributed by atoms with Crippen LogP contribution in [0, 0.1) is 10.1 Å². The number of hydrazone groups is 1. The van der Waals surface area contributed by atoms with Crippen molar-refractivity contribution in [3.63, 3.8) is 0 Å². The Morgan fingerprint density at radius 3 is 2.80 bits per heavy atom. The minimum atomic E-state index is -0.708. The van der Waals surface area contributed by atoms with Gasteiger partial charge < -0.3 is 10.2 Å². The molecule has 3 aromatic rings. The summed E-state index contributed by atoms with van der Waals surface area (Å²) < 4.78 is 9.78. The number of nitro groups is 1. The minimum Gasteiger partial charge on any atom is -0.455 e. The third-order valence-corrected chi connectivity index (χ3v) is 3.08. The molecule has 0 saturated carbocycles. The van der Waals surface area contributed by atoms with Crippen molar-refractivity contribution in [2.24, 2.45) is 5.10 Å². The van der Waals surface area contributed by atoms with Crippen LogP contribution in [0.5, 0.6) is 0 Å². The van der Waals surface area contributed by atoms with Crippen LogP contribution in [0.2, 0.25) is 0 Å². The molecule has 11 heteroatoms. The normalized spacial score (nSPS) is 10.9. The number of nitrogen functional groups attached to an aromatic ring is 1. The predicted molar refractivity (Wildman–Crippen MR) is 84.6 cm³/mol. The number of furan rings is 1. The summed E-state index contributed by atoms with van der Waals surface area (Å²) in [5, 5.41) is 21.3. The van der Waals surface area contributed by atoms with Gasteiger partial charge in [0.25, 0.3) is 11.6 Å². The number of carbonyl (C=O) groups is 1. The highest BCUT2D eigenvalue weighted by molar-refractivity contribution is 5.96. The van der Waals surface area contributed by atoms with E-state index < -0.39 is 10.8 Å². The van der Waals surface area contributed by atoms with Gasteiger partial charge in [0, 0.05) is 6.07 Å². The molecule has 0 aliphatic heterocycles. The van der Waals surface area contributed by atoms with E-state index in [9.17, 15) is 14.9 Å². The Kier molecular flexibility index (Phi) is 4.20. The molecule has 3 rings (SSSR count). The van der Waals surface area contributed by atoms with Gasteiger partial charge in [-0.3, -0.25) is 14.9 Å². The van der Waals surface area contributed by atoms with Crippen molar-refractivity contribution in [1.82, 2.24) is 15.7 Å². The molecule has 25 heavy (non-hydrogen) atoms. The van der Waals surface area contributed by atoms with Crippen molar-refractivity contribution in [3.8, 4) is 11.3 Å². The molecule has 0 spiro atoms. The maximum atomic E-state index is 11.7. The number of carbonyl (C=O) groups excluding carboxylic acids is 1. The molecule has 2 aromatic heterocycles. The zero-order chi connectivity index (χ0) is 17.8. The van der Waals surface area contributed by atoms with E-state index in [0.29, 0.717) is 11.3 Å². The van der Waals surface area contributed by atoms with Crippen LogP contribution in [0.1, 0.15) is 16.2 Å². The van der Waals surface area contributed by atoms with E-state index in [1.165, 1.54) is 12.3 Å². The molecule has 126 valence electrons. The fourth-order valence-electron chi connectivity index (χ4n) is 1.97. The van der Waals surface area contributed by atoms with Crippen LogP contribution >= 0.6 is 0 Å². The first-order chi connectivity index (χ1) is 12.1. The summed E-state index contributed by atoms with van der Waals surface area (Å²) in [6.45, 7) is 0. The second-order valence-electron chi connectivity index (χ2n) is 4.67. The molecular weight excluding hydrogens is 332 g/mol. The smallest absolute Gasteiger partial charge is 0.297 e. The van der Waals surface area contributed by atoms with E-state index in [1.54, 1.807) is 30.3 Å². The molecule has 1 aromatic carbocycles. The van der Waals surface area contributed by atoms with Gasteiger partial charge in [0.05, 0.1) is 16.7 Å². The molecule has 1 amide bonds. The van der Waals surface area contributed by atoms with Crippen molar-refractivity contribution in [3.05, 3.63) is 58.0 Å². The number of hydrogen-bond acceptors (Lipinski definition) is 9. The maximum absolute atomic E-state index is 11.7. The minimum absolute atomic E-state index is 0.0809. The maximum Gasteiger partial charge on any atom is 0.297 e. The Bertz CT molecular complexity index is 960. The van der Waals surface area contributed by atoms with Gasteiger partial charge in [-0.2, -0.15) is 5.10 Å². The van der Waals surface area contributed by atoms with Crippen molar-refractivity contribution in [1.29, 1.82) is 0 Å². The number of anilines is 1. The zero-order valence-electron chi connectivity index (χ0n) is 12.4. The third-order valence-electron chi connectivity index (χ3n) is 3.08. The molecule has 2 heterocycles. The molecule has 0 radical (unpaired) electrons. The first-order valence-electron chi connectivity index (χ1n) is 6.81. The summed E-state index contributed by atoms with van der Waals surface area (Å²) in [6, 6.07) is 9.28. The summed E-state index contributed by atoms with van der Waals surface area (Å²) in [5.74, 6) is -0.297. The molecule has 0 bridgehead atoms. The average Bonchev–Trinajstić information content (AvgIpc) is 3.23. The van der Waals surface area contributed by atoms with Crippen molar-refractivity contribution in [2.45, 2.75) is 0 Å². The quantitative estimate of drug-likeness (QED) is 0.401. The molecule has 0 aliphatic carbocycles. The number of hydrogen-bond donors (Lipinski definition) is 2. The third kappa shape index (κ3) is 3.34. The van der Waals surface area contributed by atoms with Crippen molar-refractivity contribution >= 4 is 23.6 Å². The number of amides is 1. The number of nitrogens with two attached hydrogens (primary N) is 1. The number of nitro benzene ring substituents is 1. The zero-order valence-corrected chi connectivity index (χ0v) is 12.4. The second kappa shape index (κ2) is 6.62. The molecule has 0 unspecified atom stereocenters. The number of para-hydroxylation sites is 1. The molecule has 0 fully saturated rings. The van der Waals surface area contributed by atoms with Crippen LogP contribution in [0.25, 0.3) is 11.3 Å². The highest BCUT2D eigenvalue weighted by Crippen LogP contribution is 2.30. The van der Waals surface area contributed by atoms with E-state index >= 15 is 0 Å². The van der Waals surface area contributed by atoms with Crippen LogP contribution < -0.4 is 11.2 Å². The topological polar surface area (TPSA) is 163 Å². The number of nitrogens with zero attached hydrogens (tertiary/aromatic N) is 4. The lowest BCUT2D eigenvalue weighted by Gasteiger charge is -1.98. The predicted octanol–water partition coefficient (Wildman–Crippen LogP) is 1.58. The number of benzene rings is 1. The van der Waals surface area contributed by atoms with Crippen molar-refractivity contribution in [2.75, 3.05) is 5.73 Å². The van der Waals surface area contributed by atoms with Gasteiger partial charge in [0.1, 0.15) is 11.5 Å². The molecule has 0 saturated heterocycles. The fraction of sp³-hybridized carbons (Fsp3) is 0. The van der Waals surface area contributed by atoms with Gasteiger partial charge in [-0.1, -0.05) is 12.1 Å². The summed E-state index contributed by atoms with van der Waals surface area (Å²) in [7, 11) is 0. The van der Waals surface area contributed by atoms with Crippen LogP contribution in [0.3, 0.4) is 0 Å². The van der Waals surface area contributed by atoms with E-state index in [4.69, 9.17) is 10.2 Å². The van der Waals surface area contributed by atoms with Gasteiger partial charge in [-0.15, -0.1) is 0 Å². The van der Waals surface area contributed by atoms with Gasteiger partial charge >= 0.3 is 0 Å². The highest BCUT2D eigenvalue weighted by Gasteiger charge is 2.17. The van der Waals surface area contributed by atoms with E-state index in [2.05, 4.69) is 25.5 Å². The number of aromatic nitrogens is 2. The van der Waals surface area contributed by atoms with E-state index in [1.807, 2.05) is 0 Å². The fourth-order valence-corrected chi connectivity index (χ4v) is 1.97. The number of nitrogens with one attached hydrogen (secondary N) is 1. The summed E-state index contributed by atoms with van der Waals surface area (Å²) in [4.78, 5) is 22.2.